The molecule has 0 bridgehead atoms. The van der Waals surface area contributed by atoms with E-state index in [-0.39, 0.29) is 11.0 Å². The Hall–Kier alpha value is -0.770. The first-order valence-electron chi connectivity index (χ1n) is 3.11. The number of alkyl halides is 1. The van der Waals surface area contributed by atoms with E-state index in [0.29, 0.717) is 0 Å². The molecule has 0 spiro atoms. The van der Waals surface area contributed by atoms with Crippen LogP contribution in [-0.2, 0) is 4.74 Å². The van der Waals surface area contributed by atoms with E-state index < -0.39 is 0 Å². The minimum atomic E-state index is -0.368. The fourth-order valence-corrected chi connectivity index (χ4v) is 1.22. The summed E-state index contributed by atoms with van der Waals surface area (Å²) in [4.78, 5) is 12.3. The molecule has 60 valence electrons. The summed E-state index contributed by atoms with van der Waals surface area (Å²) in [6.07, 6.45) is 6.77. The number of nitrogens with zero attached hydrogens (tertiary/aromatic N) is 1. The Bertz CT molecular complexity index is 212. The van der Waals surface area contributed by atoms with Crippen molar-refractivity contribution in [3.05, 3.63) is 24.4 Å². The second-order valence-corrected chi connectivity index (χ2v) is 2.91. The maximum Gasteiger partial charge on any atom is 0.414 e. The van der Waals surface area contributed by atoms with Crippen LogP contribution in [0.1, 0.15) is 0 Å². The number of hydrogen-bond acceptors (Lipinski definition) is 2. The quantitative estimate of drug-likeness (QED) is 0.458. The molecule has 0 fully saturated rings. The van der Waals surface area contributed by atoms with E-state index in [0.717, 1.165) is 0 Å². The summed E-state index contributed by atoms with van der Waals surface area (Å²) < 4.78 is 4.53. The molecular weight excluding hydrogens is 210 g/mol. The summed E-state index contributed by atoms with van der Waals surface area (Å²) in [6.45, 7) is 0. The van der Waals surface area contributed by atoms with Gasteiger partial charge in [-0.05, 0) is 6.08 Å². The van der Waals surface area contributed by atoms with E-state index in [1.165, 1.54) is 12.0 Å². The van der Waals surface area contributed by atoms with Gasteiger partial charge in [0.2, 0.25) is 0 Å². The zero-order valence-corrected chi connectivity index (χ0v) is 7.61. The molecule has 1 aliphatic rings. The van der Waals surface area contributed by atoms with Crippen LogP contribution in [0.5, 0.6) is 0 Å². The van der Waals surface area contributed by atoms with Gasteiger partial charge < -0.3 is 4.74 Å². The highest BCUT2D eigenvalue weighted by Gasteiger charge is 2.18. The van der Waals surface area contributed by atoms with Gasteiger partial charge in [-0.15, -0.1) is 0 Å². The Morgan fingerprint density at radius 3 is 2.91 bits per heavy atom. The van der Waals surface area contributed by atoms with E-state index in [4.69, 9.17) is 0 Å². The monoisotopic (exact) mass is 217 g/mol. The minimum Gasteiger partial charge on any atom is -0.452 e. The van der Waals surface area contributed by atoms with E-state index in [1.54, 1.807) is 12.3 Å². The molecule has 0 aromatic rings. The van der Waals surface area contributed by atoms with Crippen LogP contribution in [0.3, 0.4) is 0 Å². The highest BCUT2D eigenvalue weighted by molar-refractivity contribution is 9.09. The van der Waals surface area contributed by atoms with Crippen molar-refractivity contribution in [1.29, 1.82) is 0 Å². The summed E-state index contributed by atoms with van der Waals surface area (Å²) in [5.41, 5.74) is 0. The van der Waals surface area contributed by atoms with Crippen LogP contribution in [-0.4, -0.2) is 23.1 Å². The van der Waals surface area contributed by atoms with Crippen LogP contribution >= 0.6 is 15.9 Å². The lowest BCUT2D eigenvalue weighted by Crippen LogP contribution is -2.31. The first-order valence-corrected chi connectivity index (χ1v) is 4.02. The van der Waals surface area contributed by atoms with E-state index in [2.05, 4.69) is 20.7 Å². The van der Waals surface area contributed by atoms with Gasteiger partial charge in [0.1, 0.15) is 4.95 Å². The zero-order chi connectivity index (χ0) is 8.27. The average Bonchev–Trinajstić information content (AvgIpc) is 2.04. The molecule has 4 heteroatoms. The fourth-order valence-electron chi connectivity index (χ4n) is 0.740. The molecular formula is C7H8BrNO2. The highest BCUT2D eigenvalue weighted by Crippen LogP contribution is 2.14. The molecule has 0 aromatic carbocycles. The Morgan fingerprint density at radius 1 is 1.64 bits per heavy atom. The van der Waals surface area contributed by atoms with Crippen LogP contribution in [0.25, 0.3) is 0 Å². The zero-order valence-electron chi connectivity index (χ0n) is 6.03. The molecule has 1 amide bonds. The second-order valence-electron chi connectivity index (χ2n) is 1.98. The van der Waals surface area contributed by atoms with Gasteiger partial charge >= 0.3 is 6.09 Å². The third-order valence-electron chi connectivity index (χ3n) is 1.28. The lowest BCUT2D eigenvalue weighted by molar-refractivity contribution is 0.141. The largest absolute Gasteiger partial charge is 0.452 e. The van der Waals surface area contributed by atoms with Crippen LogP contribution in [0.15, 0.2) is 24.4 Å². The number of ether oxygens (including phenoxy) is 1. The predicted molar refractivity (Wildman–Crippen MR) is 45.2 cm³/mol. The molecule has 1 aliphatic heterocycles. The highest BCUT2D eigenvalue weighted by atomic mass is 79.9. The Morgan fingerprint density at radius 2 is 2.36 bits per heavy atom. The maximum atomic E-state index is 11.0. The summed E-state index contributed by atoms with van der Waals surface area (Å²) >= 11 is 3.28. The Kier molecular flexibility index (Phi) is 2.70. The lowest BCUT2D eigenvalue weighted by Gasteiger charge is -2.21. The van der Waals surface area contributed by atoms with Crippen molar-refractivity contribution in [2.24, 2.45) is 0 Å². The van der Waals surface area contributed by atoms with Gasteiger partial charge in [-0.25, -0.2) is 4.79 Å². The first kappa shape index (κ1) is 8.33. The molecule has 11 heavy (non-hydrogen) atoms. The molecule has 0 unspecified atom stereocenters. The van der Waals surface area contributed by atoms with E-state index >= 15 is 0 Å². The number of carbonyl (C=O) groups excluding carboxylic acids is 1. The number of methoxy groups -OCH3 is 1. The number of rotatable bonds is 0. The predicted octanol–water partition coefficient (Wildman–Crippen LogP) is 1.86. The lowest BCUT2D eigenvalue weighted by atomic mass is 10.4. The van der Waals surface area contributed by atoms with Gasteiger partial charge in [-0.3, -0.25) is 4.90 Å². The third-order valence-corrected chi connectivity index (χ3v) is 2.03. The molecule has 0 saturated heterocycles. The van der Waals surface area contributed by atoms with Crippen molar-refractivity contribution >= 4 is 22.0 Å². The molecule has 0 N–H and O–H groups in total. The molecule has 3 nitrogen and oxygen atoms in total. The molecule has 0 radical (unpaired) electrons. The van der Waals surface area contributed by atoms with Crippen LogP contribution in [0.2, 0.25) is 0 Å². The van der Waals surface area contributed by atoms with E-state index in [1.807, 2.05) is 12.2 Å². The molecule has 0 aliphatic carbocycles. The number of carbonyl (C=O) groups is 1. The third kappa shape index (κ3) is 1.83. The van der Waals surface area contributed by atoms with Gasteiger partial charge in [0.05, 0.1) is 7.11 Å². The van der Waals surface area contributed by atoms with Crippen molar-refractivity contribution in [2.45, 2.75) is 4.95 Å². The number of halogens is 1. The van der Waals surface area contributed by atoms with Gasteiger partial charge in [-0.2, -0.15) is 0 Å². The Balaban J connectivity index is 2.65. The molecule has 0 saturated carbocycles. The normalized spacial score (nSPS) is 22.0. The van der Waals surface area contributed by atoms with Crippen molar-refractivity contribution < 1.29 is 9.53 Å². The molecule has 1 atom stereocenters. The topological polar surface area (TPSA) is 29.5 Å². The minimum absolute atomic E-state index is 0.0973. The van der Waals surface area contributed by atoms with Gasteiger partial charge in [0.15, 0.2) is 0 Å². The molecule has 0 aromatic heterocycles. The van der Waals surface area contributed by atoms with Gasteiger partial charge in [0, 0.05) is 6.20 Å². The Labute approximate surface area is 73.4 Å². The maximum absolute atomic E-state index is 11.0. The van der Waals surface area contributed by atoms with Crippen molar-refractivity contribution in [3.8, 4) is 0 Å². The number of hydrogen-bond donors (Lipinski definition) is 0. The molecule has 1 heterocycles. The van der Waals surface area contributed by atoms with Gasteiger partial charge in [0.25, 0.3) is 0 Å². The van der Waals surface area contributed by atoms with Crippen molar-refractivity contribution in [1.82, 2.24) is 4.90 Å². The molecule has 1 rings (SSSR count). The summed E-state index contributed by atoms with van der Waals surface area (Å²) in [5, 5.41) is 0. The summed E-state index contributed by atoms with van der Waals surface area (Å²) in [5.74, 6) is 0. The van der Waals surface area contributed by atoms with Gasteiger partial charge in [-0.1, -0.05) is 28.1 Å². The van der Waals surface area contributed by atoms with Crippen LogP contribution in [0, 0.1) is 0 Å². The van der Waals surface area contributed by atoms with Crippen molar-refractivity contribution in [2.75, 3.05) is 7.11 Å². The smallest absolute Gasteiger partial charge is 0.414 e. The standard InChI is InChI=1S/C7H8BrNO2/c1-11-7(10)9-5-3-2-4-6(9)8/h2-6H,1H3/t6-/m1/s1. The fraction of sp³-hybridized carbons (Fsp3) is 0.286. The van der Waals surface area contributed by atoms with Crippen LogP contribution in [0.4, 0.5) is 4.79 Å². The van der Waals surface area contributed by atoms with E-state index in [9.17, 15) is 4.79 Å². The van der Waals surface area contributed by atoms with Crippen LogP contribution < -0.4 is 0 Å². The number of amides is 1. The van der Waals surface area contributed by atoms with Crippen molar-refractivity contribution in [3.63, 3.8) is 0 Å². The average molecular weight is 218 g/mol. The summed E-state index contributed by atoms with van der Waals surface area (Å²) in [6, 6.07) is 0. The summed E-state index contributed by atoms with van der Waals surface area (Å²) in [7, 11) is 1.36. The number of allylic oxidation sites excluding steroid dienone is 2. The SMILES string of the molecule is COC(=O)N1C=CC=C[C@@H]1Br. The second kappa shape index (κ2) is 3.57. The first-order chi connectivity index (χ1) is 5.25.